The minimum absolute atomic E-state index is 0.200. The Morgan fingerprint density at radius 3 is 3.09 bits per heavy atom. The standard InChI is InChI=1S/C19H26N2O/c1-3-10-19-11-8-15-6-5-7-17(20-14-22)18(15)16(19)9-13-21(19)12-4-2/h3,5-7,14,16H,1,4,8-13H2,2H3,(H,20,22). The fourth-order valence-corrected chi connectivity index (χ4v) is 4.75. The largest absolute Gasteiger partial charge is 0.328 e. The van der Waals surface area contributed by atoms with Crippen LogP contribution in [0.3, 0.4) is 0 Å². The van der Waals surface area contributed by atoms with E-state index in [1.54, 1.807) is 0 Å². The number of amides is 1. The number of carbonyl (C=O) groups is 1. The molecule has 0 saturated carbocycles. The van der Waals surface area contributed by atoms with E-state index in [-0.39, 0.29) is 5.54 Å². The quantitative estimate of drug-likeness (QED) is 0.641. The molecule has 118 valence electrons. The number of rotatable bonds is 6. The SMILES string of the molecule is C=CCC12CCc3cccc(NC=O)c3C1CCN2CCC. The predicted molar refractivity (Wildman–Crippen MR) is 91.2 cm³/mol. The molecule has 0 radical (unpaired) electrons. The first-order chi connectivity index (χ1) is 10.8. The van der Waals surface area contributed by atoms with Crippen molar-refractivity contribution in [3.8, 4) is 0 Å². The third kappa shape index (κ3) is 2.28. The monoisotopic (exact) mass is 298 g/mol. The van der Waals surface area contributed by atoms with Gasteiger partial charge in [-0.2, -0.15) is 0 Å². The van der Waals surface area contributed by atoms with Gasteiger partial charge >= 0.3 is 0 Å². The van der Waals surface area contributed by atoms with Crippen molar-refractivity contribution >= 4 is 12.1 Å². The van der Waals surface area contributed by atoms with Gasteiger partial charge in [-0.3, -0.25) is 9.69 Å². The van der Waals surface area contributed by atoms with Gasteiger partial charge in [-0.05, 0) is 62.4 Å². The van der Waals surface area contributed by atoms with Crippen LogP contribution in [0.2, 0.25) is 0 Å². The van der Waals surface area contributed by atoms with E-state index in [4.69, 9.17) is 0 Å². The van der Waals surface area contributed by atoms with E-state index in [9.17, 15) is 4.79 Å². The minimum Gasteiger partial charge on any atom is -0.328 e. The van der Waals surface area contributed by atoms with E-state index in [1.165, 1.54) is 30.4 Å². The summed E-state index contributed by atoms with van der Waals surface area (Å²) < 4.78 is 0. The minimum atomic E-state index is 0.200. The van der Waals surface area contributed by atoms with Gasteiger partial charge in [0.25, 0.3) is 0 Å². The average molecular weight is 298 g/mol. The van der Waals surface area contributed by atoms with Crippen molar-refractivity contribution in [1.82, 2.24) is 4.90 Å². The number of nitrogens with zero attached hydrogens (tertiary/aromatic N) is 1. The molecule has 1 saturated heterocycles. The highest BCUT2D eigenvalue weighted by molar-refractivity contribution is 5.75. The second-order valence-corrected chi connectivity index (χ2v) is 6.57. The summed E-state index contributed by atoms with van der Waals surface area (Å²) in [6.45, 7) is 8.59. The Balaban J connectivity index is 2.06. The van der Waals surface area contributed by atoms with Crippen LogP contribution in [0.15, 0.2) is 30.9 Å². The number of hydrogen-bond donors (Lipinski definition) is 1. The van der Waals surface area contributed by atoms with E-state index >= 15 is 0 Å². The zero-order valence-corrected chi connectivity index (χ0v) is 13.5. The smallest absolute Gasteiger partial charge is 0.211 e. The molecule has 1 aromatic rings. The zero-order chi connectivity index (χ0) is 15.6. The van der Waals surface area contributed by atoms with Gasteiger partial charge in [-0.15, -0.1) is 6.58 Å². The molecule has 1 aromatic carbocycles. The molecule has 1 aliphatic carbocycles. The molecular weight excluding hydrogens is 272 g/mol. The van der Waals surface area contributed by atoms with E-state index in [0.717, 1.165) is 38.0 Å². The number of carbonyl (C=O) groups excluding carboxylic acids is 1. The van der Waals surface area contributed by atoms with Gasteiger partial charge in [0, 0.05) is 17.1 Å². The van der Waals surface area contributed by atoms with Gasteiger partial charge in [0.1, 0.15) is 0 Å². The van der Waals surface area contributed by atoms with E-state index in [1.807, 2.05) is 6.07 Å². The Morgan fingerprint density at radius 1 is 1.50 bits per heavy atom. The molecule has 1 fully saturated rings. The molecule has 3 nitrogen and oxygen atoms in total. The van der Waals surface area contributed by atoms with Crippen LogP contribution < -0.4 is 5.32 Å². The highest BCUT2D eigenvalue weighted by Gasteiger charge is 2.50. The van der Waals surface area contributed by atoms with Crippen LogP contribution in [0.1, 0.15) is 49.7 Å². The highest BCUT2D eigenvalue weighted by atomic mass is 16.1. The van der Waals surface area contributed by atoms with Crippen molar-refractivity contribution in [3.63, 3.8) is 0 Å². The van der Waals surface area contributed by atoms with Crippen LogP contribution in [-0.2, 0) is 11.2 Å². The molecule has 0 bridgehead atoms. The van der Waals surface area contributed by atoms with Crippen LogP contribution >= 0.6 is 0 Å². The lowest BCUT2D eigenvalue weighted by molar-refractivity contribution is -0.105. The van der Waals surface area contributed by atoms with Crippen molar-refractivity contribution in [2.24, 2.45) is 0 Å². The first kappa shape index (κ1) is 15.3. The van der Waals surface area contributed by atoms with Gasteiger partial charge in [0.05, 0.1) is 0 Å². The summed E-state index contributed by atoms with van der Waals surface area (Å²) in [5.41, 5.74) is 3.99. The van der Waals surface area contributed by atoms with Gasteiger partial charge < -0.3 is 5.32 Å². The Labute approximate surface area is 133 Å². The molecule has 3 rings (SSSR count). The average Bonchev–Trinajstić information content (AvgIpc) is 2.87. The molecule has 22 heavy (non-hydrogen) atoms. The summed E-state index contributed by atoms with van der Waals surface area (Å²) in [5, 5.41) is 2.93. The van der Waals surface area contributed by atoms with E-state index in [0.29, 0.717) is 5.92 Å². The molecule has 1 amide bonds. The molecule has 2 unspecified atom stereocenters. The lowest BCUT2D eigenvalue weighted by Gasteiger charge is -2.46. The normalized spacial score (nSPS) is 27.0. The summed E-state index contributed by atoms with van der Waals surface area (Å²) in [7, 11) is 0. The first-order valence-electron chi connectivity index (χ1n) is 8.44. The number of aryl methyl sites for hydroxylation is 1. The van der Waals surface area contributed by atoms with Crippen molar-refractivity contribution in [2.75, 3.05) is 18.4 Å². The highest BCUT2D eigenvalue weighted by Crippen LogP contribution is 2.53. The van der Waals surface area contributed by atoms with Crippen molar-refractivity contribution in [1.29, 1.82) is 0 Å². The summed E-state index contributed by atoms with van der Waals surface area (Å²) in [6, 6.07) is 6.33. The number of benzene rings is 1. The number of nitrogens with one attached hydrogen (secondary N) is 1. The molecule has 2 atom stereocenters. The number of anilines is 1. The van der Waals surface area contributed by atoms with E-state index < -0.39 is 0 Å². The topological polar surface area (TPSA) is 32.3 Å². The molecule has 0 aromatic heterocycles. The Hall–Kier alpha value is -1.61. The molecule has 0 spiro atoms. The predicted octanol–water partition coefficient (Wildman–Crippen LogP) is 3.72. The third-order valence-corrected chi connectivity index (χ3v) is 5.54. The second-order valence-electron chi connectivity index (χ2n) is 6.57. The Bertz CT molecular complexity index is 569. The lowest BCUT2D eigenvalue weighted by atomic mass is 9.68. The number of hydrogen-bond acceptors (Lipinski definition) is 2. The van der Waals surface area contributed by atoms with Gasteiger partial charge in [-0.1, -0.05) is 25.1 Å². The molecular formula is C19H26N2O. The first-order valence-corrected chi connectivity index (χ1v) is 8.44. The number of likely N-dealkylation sites (tertiary alicyclic amines) is 1. The molecule has 2 aliphatic rings. The van der Waals surface area contributed by atoms with Gasteiger partial charge in [0.2, 0.25) is 6.41 Å². The number of fused-ring (bicyclic) bond motifs is 3. The Morgan fingerprint density at radius 2 is 2.36 bits per heavy atom. The second kappa shape index (κ2) is 6.25. The van der Waals surface area contributed by atoms with E-state index in [2.05, 4.69) is 41.9 Å². The molecule has 3 heteroatoms. The fraction of sp³-hybridized carbons (Fsp3) is 0.526. The van der Waals surface area contributed by atoms with Crippen molar-refractivity contribution in [2.45, 2.75) is 50.5 Å². The molecule has 1 heterocycles. The molecule has 1 aliphatic heterocycles. The maximum absolute atomic E-state index is 11.0. The van der Waals surface area contributed by atoms with Crippen LogP contribution in [0.5, 0.6) is 0 Å². The van der Waals surface area contributed by atoms with Crippen LogP contribution in [0.25, 0.3) is 0 Å². The summed E-state index contributed by atoms with van der Waals surface area (Å²) >= 11 is 0. The lowest BCUT2D eigenvalue weighted by Crippen LogP contribution is -2.49. The molecule has 1 N–H and O–H groups in total. The van der Waals surface area contributed by atoms with Crippen LogP contribution in [0.4, 0.5) is 5.69 Å². The summed E-state index contributed by atoms with van der Waals surface area (Å²) in [6.07, 6.45) is 8.58. The van der Waals surface area contributed by atoms with Crippen molar-refractivity contribution in [3.05, 3.63) is 42.0 Å². The fourth-order valence-electron chi connectivity index (χ4n) is 4.75. The Kier molecular flexibility index (Phi) is 4.34. The zero-order valence-electron chi connectivity index (χ0n) is 13.5. The van der Waals surface area contributed by atoms with Crippen molar-refractivity contribution < 1.29 is 4.79 Å². The third-order valence-electron chi connectivity index (χ3n) is 5.54. The van der Waals surface area contributed by atoms with Crippen LogP contribution in [-0.4, -0.2) is 29.9 Å². The maximum Gasteiger partial charge on any atom is 0.211 e. The van der Waals surface area contributed by atoms with Crippen LogP contribution in [0, 0.1) is 0 Å². The van der Waals surface area contributed by atoms with Gasteiger partial charge in [0.15, 0.2) is 0 Å². The van der Waals surface area contributed by atoms with Gasteiger partial charge in [-0.25, -0.2) is 0 Å². The summed E-state index contributed by atoms with van der Waals surface area (Å²) in [4.78, 5) is 13.7. The summed E-state index contributed by atoms with van der Waals surface area (Å²) in [5.74, 6) is 0.504. The maximum atomic E-state index is 11.0.